The maximum Gasteiger partial charge on any atom is 0.194 e. The Morgan fingerprint density at radius 3 is 2.63 bits per heavy atom. The van der Waals surface area contributed by atoms with Gasteiger partial charge in [0.15, 0.2) is 17.5 Å². The highest BCUT2D eigenvalue weighted by Crippen LogP contribution is 2.26. The molecule has 102 valence electrons. The predicted octanol–water partition coefficient (Wildman–Crippen LogP) is 2.79. The van der Waals surface area contributed by atoms with Crippen LogP contribution in [0.25, 0.3) is 0 Å². The lowest BCUT2D eigenvalue weighted by molar-refractivity contribution is 0.200. The van der Waals surface area contributed by atoms with Crippen LogP contribution in [0.2, 0.25) is 0 Å². The SMILES string of the molecule is CCCn1nccc1C(O)c1ccc(F)c(F)c1F. The number of aliphatic hydroxyl groups excluding tert-OH is 1. The van der Waals surface area contributed by atoms with E-state index >= 15 is 0 Å². The van der Waals surface area contributed by atoms with E-state index in [1.807, 2.05) is 6.92 Å². The van der Waals surface area contributed by atoms with Gasteiger partial charge >= 0.3 is 0 Å². The second-order valence-electron chi connectivity index (χ2n) is 4.15. The molecule has 0 spiro atoms. The van der Waals surface area contributed by atoms with Gasteiger partial charge in [0, 0.05) is 18.3 Å². The van der Waals surface area contributed by atoms with Crippen molar-refractivity contribution in [3.05, 3.63) is 53.1 Å². The fourth-order valence-electron chi connectivity index (χ4n) is 1.89. The third-order valence-electron chi connectivity index (χ3n) is 2.82. The van der Waals surface area contributed by atoms with Gasteiger partial charge in [0.25, 0.3) is 0 Å². The van der Waals surface area contributed by atoms with E-state index in [9.17, 15) is 18.3 Å². The van der Waals surface area contributed by atoms with Crippen molar-refractivity contribution in [1.29, 1.82) is 0 Å². The van der Waals surface area contributed by atoms with Gasteiger partial charge in [-0.15, -0.1) is 0 Å². The Balaban J connectivity index is 2.41. The number of aryl methyl sites for hydroxylation is 1. The van der Waals surface area contributed by atoms with Crippen LogP contribution >= 0.6 is 0 Å². The number of benzene rings is 1. The second kappa shape index (κ2) is 5.44. The van der Waals surface area contributed by atoms with E-state index in [-0.39, 0.29) is 5.56 Å². The molecule has 0 fully saturated rings. The Morgan fingerprint density at radius 1 is 1.21 bits per heavy atom. The van der Waals surface area contributed by atoms with Crippen molar-refractivity contribution in [1.82, 2.24) is 9.78 Å². The minimum atomic E-state index is -1.59. The van der Waals surface area contributed by atoms with Crippen LogP contribution in [0.3, 0.4) is 0 Å². The third-order valence-corrected chi connectivity index (χ3v) is 2.82. The number of halogens is 3. The van der Waals surface area contributed by atoms with E-state index < -0.39 is 23.6 Å². The first-order valence-electron chi connectivity index (χ1n) is 5.89. The molecule has 1 atom stereocenters. The summed E-state index contributed by atoms with van der Waals surface area (Å²) < 4.78 is 41.1. The Bertz CT molecular complexity index is 583. The Hall–Kier alpha value is -1.82. The zero-order valence-electron chi connectivity index (χ0n) is 10.3. The average molecular weight is 270 g/mol. The highest BCUT2D eigenvalue weighted by molar-refractivity contribution is 5.28. The normalized spacial score (nSPS) is 12.7. The summed E-state index contributed by atoms with van der Waals surface area (Å²) in [5.74, 6) is -4.25. The van der Waals surface area contributed by atoms with E-state index in [0.717, 1.165) is 18.6 Å². The van der Waals surface area contributed by atoms with Crippen LogP contribution in [0.1, 0.15) is 30.7 Å². The minimum Gasteiger partial charge on any atom is -0.382 e. The fourth-order valence-corrected chi connectivity index (χ4v) is 1.89. The smallest absolute Gasteiger partial charge is 0.194 e. The van der Waals surface area contributed by atoms with Crippen LogP contribution in [0.4, 0.5) is 13.2 Å². The molecule has 6 heteroatoms. The number of hydrogen-bond donors (Lipinski definition) is 1. The molecule has 0 radical (unpaired) electrons. The molecule has 1 aromatic carbocycles. The molecule has 3 nitrogen and oxygen atoms in total. The maximum atomic E-state index is 13.6. The van der Waals surface area contributed by atoms with Crippen molar-refractivity contribution in [3.63, 3.8) is 0 Å². The van der Waals surface area contributed by atoms with Crippen molar-refractivity contribution in [3.8, 4) is 0 Å². The van der Waals surface area contributed by atoms with Crippen LogP contribution in [0.15, 0.2) is 24.4 Å². The summed E-state index contributed by atoms with van der Waals surface area (Å²) in [7, 11) is 0. The number of hydrogen-bond acceptors (Lipinski definition) is 2. The lowest BCUT2D eigenvalue weighted by atomic mass is 10.1. The van der Waals surface area contributed by atoms with Gasteiger partial charge < -0.3 is 5.11 Å². The molecule has 1 N–H and O–H groups in total. The molecule has 0 saturated heterocycles. The van der Waals surface area contributed by atoms with Crippen LogP contribution < -0.4 is 0 Å². The fraction of sp³-hybridized carbons (Fsp3) is 0.308. The van der Waals surface area contributed by atoms with Gasteiger partial charge in [-0.25, -0.2) is 13.2 Å². The lowest BCUT2D eigenvalue weighted by Crippen LogP contribution is -2.12. The van der Waals surface area contributed by atoms with Crippen molar-refractivity contribution in [2.24, 2.45) is 0 Å². The first-order chi connectivity index (χ1) is 9.06. The van der Waals surface area contributed by atoms with Crippen molar-refractivity contribution in [2.45, 2.75) is 26.0 Å². The topological polar surface area (TPSA) is 38.0 Å². The van der Waals surface area contributed by atoms with Gasteiger partial charge in [0.2, 0.25) is 0 Å². The monoisotopic (exact) mass is 270 g/mol. The molecule has 1 unspecified atom stereocenters. The second-order valence-corrected chi connectivity index (χ2v) is 4.15. The molecule has 0 aliphatic rings. The third kappa shape index (κ3) is 2.49. The quantitative estimate of drug-likeness (QED) is 0.867. The van der Waals surface area contributed by atoms with Gasteiger partial charge in [0.05, 0.1) is 5.69 Å². The summed E-state index contributed by atoms with van der Waals surface area (Å²) in [6.07, 6.45) is 0.859. The molecular weight excluding hydrogens is 257 g/mol. The summed E-state index contributed by atoms with van der Waals surface area (Å²) in [6, 6.07) is 3.33. The molecule has 1 aromatic heterocycles. The first-order valence-corrected chi connectivity index (χ1v) is 5.89. The van der Waals surface area contributed by atoms with Gasteiger partial charge in [-0.3, -0.25) is 4.68 Å². The number of nitrogens with zero attached hydrogens (tertiary/aromatic N) is 2. The molecule has 0 aliphatic heterocycles. The van der Waals surface area contributed by atoms with Gasteiger partial charge in [-0.05, 0) is 24.6 Å². The van der Waals surface area contributed by atoms with E-state index in [1.54, 1.807) is 0 Å². The number of aromatic nitrogens is 2. The van der Waals surface area contributed by atoms with Gasteiger partial charge in [-0.2, -0.15) is 5.10 Å². The summed E-state index contributed by atoms with van der Waals surface area (Å²) >= 11 is 0. The molecular formula is C13H13F3N2O. The highest BCUT2D eigenvalue weighted by Gasteiger charge is 2.22. The Labute approximate surface area is 108 Å². The molecule has 0 saturated carbocycles. The number of rotatable bonds is 4. The molecule has 1 heterocycles. The molecule has 0 bridgehead atoms. The zero-order valence-corrected chi connectivity index (χ0v) is 10.3. The largest absolute Gasteiger partial charge is 0.382 e. The predicted molar refractivity (Wildman–Crippen MR) is 62.9 cm³/mol. The van der Waals surface area contributed by atoms with Crippen LogP contribution in [-0.2, 0) is 6.54 Å². The summed E-state index contributed by atoms with van der Waals surface area (Å²) in [5.41, 5.74) is 0.0310. The van der Waals surface area contributed by atoms with Crippen molar-refractivity contribution >= 4 is 0 Å². The maximum absolute atomic E-state index is 13.6. The molecule has 0 amide bonds. The Kier molecular flexibility index (Phi) is 3.90. The summed E-state index contributed by atoms with van der Waals surface area (Å²) in [5, 5.41) is 14.1. The van der Waals surface area contributed by atoms with E-state index in [0.29, 0.717) is 12.2 Å². The van der Waals surface area contributed by atoms with Gasteiger partial charge in [-0.1, -0.05) is 6.92 Å². The highest BCUT2D eigenvalue weighted by atomic mass is 19.2. The molecule has 0 aliphatic carbocycles. The van der Waals surface area contributed by atoms with E-state index in [2.05, 4.69) is 5.10 Å². The van der Waals surface area contributed by atoms with Crippen molar-refractivity contribution < 1.29 is 18.3 Å². The standard InChI is InChI=1S/C13H13F3N2O/c1-2-7-18-10(5-6-17-18)13(19)8-3-4-9(14)12(16)11(8)15/h3-6,13,19H,2,7H2,1H3. The van der Waals surface area contributed by atoms with Crippen LogP contribution in [0, 0.1) is 17.5 Å². The minimum absolute atomic E-state index is 0.309. The van der Waals surface area contributed by atoms with Crippen molar-refractivity contribution in [2.75, 3.05) is 0 Å². The summed E-state index contributed by atoms with van der Waals surface area (Å²) in [6.45, 7) is 2.47. The zero-order chi connectivity index (χ0) is 14.0. The van der Waals surface area contributed by atoms with Gasteiger partial charge in [0.1, 0.15) is 6.10 Å². The molecule has 19 heavy (non-hydrogen) atoms. The summed E-state index contributed by atoms with van der Waals surface area (Å²) in [4.78, 5) is 0. The molecule has 2 aromatic rings. The van der Waals surface area contributed by atoms with E-state index in [1.165, 1.54) is 16.9 Å². The Morgan fingerprint density at radius 2 is 1.95 bits per heavy atom. The van der Waals surface area contributed by atoms with Crippen LogP contribution in [0.5, 0.6) is 0 Å². The van der Waals surface area contributed by atoms with Crippen LogP contribution in [-0.4, -0.2) is 14.9 Å². The average Bonchev–Trinajstić information content (AvgIpc) is 2.84. The molecule has 2 rings (SSSR count). The number of aliphatic hydroxyl groups is 1. The van der Waals surface area contributed by atoms with E-state index in [4.69, 9.17) is 0 Å². The first kappa shape index (κ1) is 13.6. The lowest BCUT2D eigenvalue weighted by Gasteiger charge is -2.14.